The minimum Gasteiger partial charge on any atom is -0.376 e. The highest BCUT2D eigenvalue weighted by molar-refractivity contribution is 8.00. The van der Waals surface area contributed by atoms with E-state index in [1.54, 1.807) is 0 Å². The van der Waals surface area contributed by atoms with E-state index in [9.17, 15) is 13.2 Å². The molecule has 1 aromatic heterocycles. The predicted molar refractivity (Wildman–Crippen MR) is 98.8 cm³/mol. The molecule has 0 unspecified atom stereocenters. The van der Waals surface area contributed by atoms with Crippen molar-refractivity contribution < 1.29 is 17.9 Å². The number of carbonyl (C=O) groups is 1. The Hall–Kier alpha value is -1.13. The highest BCUT2D eigenvalue weighted by Crippen LogP contribution is 2.25. The normalized spacial score (nSPS) is 26.1. The molecule has 0 radical (unpaired) electrons. The maximum atomic E-state index is 12.3. The van der Waals surface area contributed by atoms with E-state index in [0.29, 0.717) is 24.5 Å². The van der Waals surface area contributed by atoms with E-state index in [0.717, 1.165) is 25.3 Å². The average molecular weight is 403 g/mol. The number of hydrogen-bond acceptors (Lipinski definition) is 7. The number of sulfone groups is 1. The van der Waals surface area contributed by atoms with Crippen molar-refractivity contribution >= 4 is 27.5 Å². The summed E-state index contributed by atoms with van der Waals surface area (Å²) in [6, 6.07) is 0. The lowest BCUT2D eigenvalue weighted by Crippen LogP contribution is -2.36. The van der Waals surface area contributed by atoms with Gasteiger partial charge in [0.25, 0.3) is 0 Å². The van der Waals surface area contributed by atoms with Crippen molar-refractivity contribution in [1.82, 2.24) is 20.1 Å². The van der Waals surface area contributed by atoms with Crippen LogP contribution in [-0.2, 0) is 32.8 Å². The lowest BCUT2D eigenvalue weighted by molar-refractivity contribution is -0.120. The van der Waals surface area contributed by atoms with Crippen LogP contribution in [0.1, 0.15) is 32.0 Å². The molecule has 26 heavy (non-hydrogen) atoms. The number of nitrogens with zero attached hydrogens (tertiary/aromatic N) is 3. The van der Waals surface area contributed by atoms with E-state index in [4.69, 9.17) is 4.74 Å². The molecular formula is C16H26N4O4S2. The van der Waals surface area contributed by atoms with Crippen molar-refractivity contribution in [1.29, 1.82) is 0 Å². The molecule has 0 aromatic carbocycles. The third-order valence-corrected chi connectivity index (χ3v) is 7.87. The van der Waals surface area contributed by atoms with E-state index >= 15 is 0 Å². The molecule has 1 amide bonds. The number of carbonyl (C=O) groups excluding carboxylic acids is 1. The summed E-state index contributed by atoms with van der Waals surface area (Å²) in [5.41, 5.74) is 0. The first-order chi connectivity index (χ1) is 12.3. The van der Waals surface area contributed by atoms with Gasteiger partial charge in [0.15, 0.2) is 15.0 Å². The second-order valence-electron chi connectivity index (χ2n) is 7.07. The zero-order chi connectivity index (χ0) is 18.7. The van der Waals surface area contributed by atoms with Crippen molar-refractivity contribution in [3.05, 3.63) is 5.82 Å². The number of aromatic nitrogens is 3. The molecule has 0 spiro atoms. The Balaban J connectivity index is 1.51. The van der Waals surface area contributed by atoms with Crippen molar-refractivity contribution in [3.8, 4) is 0 Å². The maximum Gasteiger partial charge on any atom is 0.233 e. The van der Waals surface area contributed by atoms with Crippen LogP contribution in [0.5, 0.6) is 0 Å². The van der Waals surface area contributed by atoms with Crippen LogP contribution in [-0.4, -0.2) is 65.1 Å². The Morgan fingerprint density at radius 3 is 2.88 bits per heavy atom. The topological polar surface area (TPSA) is 103 Å². The summed E-state index contributed by atoms with van der Waals surface area (Å²) < 4.78 is 30.6. The summed E-state index contributed by atoms with van der Waals surface area (Å²) >= 11 is 1.36. The predicted octanol–water partition coefficient (Wildman–Crippen LogP) is 0.568. The summed E-state index contributed by atoms with van der Waals surface area (Å²) in [7, 11) is -1.03. The standard InChI is InChI=1S/C16H26N4O4S2/c1-11(15(21)17-9-13-4-3-6-24-13)25-16-19-18-14(20(16)2)8-12-5-7-26(22,23)10-12/h11-13H,3-10H2,1-2H3,(H,17,21)/t11-,12-,13+/m0/s1. The first kappa shape index (κ1) is 19.6. The van der Waals surface area contributed by atoms with Gasteiger partial charge in [-0.1, -0.05) is 11.8 Å². The minimum absolute atomic E-state index is 0.0445. The van der Waals surface area contributed by atoms with Gasteiger partial charge in [0, 0.05) is 26.6 Å². The summed E-state index contributed by atoms with van der Waals surface area (Å²) in [6.45, 7) is 3.16. The molecule has 3 rings (SSSR count). The number of thioether (sulfide) groups is 1. The molecule has 3 heterocycles. The molecule has 146 valence electrons. The van der Waals surface area contributed by atoms with Gasteiger partial charge in [0.1, 0.15) is 5.82 Å². The fourth-order valence-electron chi connectivity index (χ4n) is 3.29. The molecule has 0 saturated carbocycles. The van der Waals surface area contributed by atoms with Gasteiger partial charge < -0.3 is 14.6 Å². The molecule has 0 aliphatic carbocycles. The summed E-state index contributed by atoms with van der Waals surface area (Å²) in [6.07, 6.45) is 3.45. The summed E-state index contributed by atoms with van der Waals surface area (Å²) in [5.74, 6) is 1.31. The van der Waals surface area contributed by atoms with Crippen LogP contribution in [0.15, 0.2) is 5.16 Å². The third-order valence-electron chi connectivity index (χ3n) is 4.90. The van der Waals surface area contributed by atoms with Crippen LogP contribution in [0.4, 0.5) is 0 Å². The van der Waals surface area contributed by atoms with Crippen LogP contribution < -0.4 is 5.32 Å². The molecule has 8 nitrogen and oxygen atoms in total. The van der Waals surface area contributed by atoms with Crippen LogP contribution in [0.2, 0.25) is 0 Å². The third kappa shape index (κ3) is 4.98. The van der Waals surface area contributed by atoms with E-state index in [1.807, 2.05) is 18.5 Å². The number of rotatable bonds is 7. The van der Waals surface area contributed by atoms with Gasteiger partial charge in [-0.05, 0) is 32.1 Å². The molecular weight excluding hydrogens is 376 g/mol. The van der Waals surface area contributed by atoms with Crippen molar-refractivity contribution in [2.75, 3.05) is 24.7 Å². The molecule has 2 aliphatic heterocycles. The van der Waals surface area contributed by atoms with E-state index < -0.39 is 9.84 Å². The molecule has 3 atom stereocenters. The molecule has 2 aliphatic rings. The summed E-state index contributed by atoms with van der Waals surface area (Å²) in [4.78, 5) is 12.3. The zero-order valence-electron chi connectivity index (χ0n) is 15.2. The SMILES string of the molecule is C[C@H](Sc1nnc(C[C@@H]2CCS(=O)(=O)C2)n1C)C(=O)NC[C@H]1CCCO1. The fraction of sp³-hybridized carbons (Fsp3) is 0.812. The van der Waals surface area contributed by atoms with Gasteiger partial charge in [0.05, 0.1) is 22.9 Å². The molecule has 1 aromatic rings. The van der Waals surface area contributed by atoms with Crippen LogP contribution in [0.3, 0.4) is 0 Å². The highest BCUT2D eigenvalue weighted by atomic mass is 32.2. The van der Waals surface area contributed by atoms with Crippen LogP contribution >= 0.6 is 11.8 Å². The van der Waals surface area contributed by atoms with Gasteiger partial charge in [0.2, 0.25) is 5.91 Å². The average Bonchev–Trinajstić information content (AvgIpc) is 3.30. The fourth-order valence-corrected chi connectivity index (χ4v) is 6.01. The van der Waals surface area contributed by atoms with Gasteiger partial charge in [-0.15, -0.1) is 10.2 Å². The highest BCUT2D eigenvalue weighted by Gasteiger charge is 2.29. The minimum atomic E-state index is -2.89. The summed E-state index contributed by atoms with van der Waals surface area (Å²) in [5, 5.41) is 11.7. The Labute approximate surface area is 158 Å². The lowest BCUT2D eigenvalue weighted by atomic mass is 10.1. The van der Waals surface area contributed by atoms with E-state index in [2.05, 4.69) is 15.5 Å². The van der Waals surface area contributed by atoms with Crippen LogP contribution in [0, 0.1) is 5.92 Å². The van der Waals surface area contributed by atoms with Crippen LogP contribution in [0.25, 0.3) is 0 Å². The number of amides is 1. The lowest BCUT2D eigenvalue weighted by Gasteiger charge is -2.14. The van der Waals surface area contributed by atoms with Gasteiger partial charge in [-0.3, -0.25) is 4.79 Å². The number of ether oxygens (including phenoxy) is 1. The Morgan fingerprint density at radius 1 is 1.42 bits per heavy atom. The molecule has 1 N–H and O–H groups in total. The second kappa shape index (κ2) is 8.26. The largest absolute Gasteiger partial charge is 0.376 e. The van der Waals surface area contributed by atoms with Crippen molar-refractivity contribution in [3.63, 3.8) is 0 Å². The van der Waals surface area contributed by atoms with Gasteiger partial charge >= 0.3 is 0 Å². The first-order valence-corrected chi connectivity index (χ1v) is 11.7. The molecule has 10 heteroatoms. The van der Waals surface area contributed by atoms with E-state index in [1.165, 1.54) is 11.8 Å². The van der Waals surface area contributed by atoms with Crippen molar-refractivity contribution in [2.24, 2.45) is 13.0 Å². The quantitative estimate of drug-likeness (QED) is 0.665. The number of hydrogen-bond donors (Lipinski definition) is 1. The zero-order valence-corrected chi connectivity index (χ0v) is 16.8. The smallest absolute Gasteiger partial charge is 0.233 e. The van der Waals surface area contributed by atoms with Gasteiger partial charge in [-0.2, -0.15) is 0 Å². The second-order valence-corrected chi connectivity index (χ2v) is 10.6. The first-order valence-electron chi connectivity index (χ1n) is 8.99. The Bertz CT molecular complexity index is 743. The maximum absolute atomic E-state index is 12.3. The monoisotopic (exact) mass is 402 g/mol. The Kier molecular flexibility index (Phi) is 6.24. The number of nitrogens with one attached hydrogen (secondary N) is 1. The van der Waals surface area contributed by atoms with Gasteiger partial charge in [-0.25, -0.2) is 8.42 Å². The Morgan fingerprint density at radius 2 is 2.23 bits per heavy atom. The molecule has 2 saturated heterocycles. The molecule has 0 bridgehead atoms. The molecule has 2 fully saturated rings. The van der Waals surface area contributed by atoms with E-state index in [-0.39, 0.29) is 34.7 Å². The van der Waals surface area contributed by atoms with Crippen molar-refractivity contribution in [2.45, 2.75) is 49.1 Å².